The van der Waals surface area contributed by atoms with Crippen molar-refractivity contribution in [3.63, 3.8) is 0 Å². The summed E-state index contributed by atoms with van der Waals surface area (Å²) in [5.74, 6) is 0. The molecular formula is C7H8CaO2S. The standard InChI is InChI=1S/C7H8O2S.Ca/c1-6-4-2-3-5-7(6)10(8)9;/h2-5H,1H3,(H,8,9);. The third kappa shape index (κ3) is 3.21. The van der Waals surface area contributed by atoms with Crippen LogP contribution >= 0.6 is 0 Å². The predicted octanol–water partition coefficient (Wildman–Crippen LogP) is 1.19. The van der Waals surface area contributed by atoms with Gasteiger partial charge in [-0.05, 0) is 18.6 Å². The van der Waals surface area contributed by atoms with Crippen molar-refractivity contribution < 1.29 is 8.76 Å². The van der Waals surface area contributed by atoms with E-state index in [1.807, 2.05) is 19.1 Å². The normalized spacial score (nSPS) is 11.8. The van der Waals surface area contributed by atoms with E-state index in [4.69, 9.17) is 4.55 Å². The van der Waals surface area contributed by atoms with Gasteiger partial charge < -0.3 is 4.55 Å². The van der Waals surface area contributed by atoms with Crippen LogP contribution < -0.4 is 0 Å². The Labute approximate surface area is 98.3 Å². The molecule has 0 bridgehead atoms. The molecule has 1 aromatic rings. The Morgan fingerprint density at radius 3 is 2.27 bits per heavy atom. The number of aryl methyl sites for hydroxylation is 1. The minimum absolute atomic E-state index is 0. The van der Waals surface area contributed by atoms with Crippen molar-refractivity contribution in [2.24, 2.45) is 0 Å². The molecule has 56 valence electrons. The Morgan fingerprint density at radius 2 is 1.91 bits per heavy atom. The van der Waals surface area contributed by atoms with E-state index in [1.54, 1.807) is 12.1 Å². The largest absolute Gasteiger partial charge is 0.302 e. The first-order valence-corrected chi connectivity index (χ1v) is 3.99. The zero-order chi connectivity index (χ0) is 7.56. The van der Waals surface area contributed by atoms with Gasteiger partial charge in [-0.1, -0.05) is 18.2 Å². The van der Waals surface area contributed by atoms with Crippen molar-refractivity contribution in [3.8, 4) is 0 Å². The summed E-state index contributed by atoms with van der Waals surface area (Å²) in [5, 5.41) is 0. The van der Waals surface area contributed by atoms with Gasteiger partial charge in [-0.25, -0.2) is 4.21 Å². The minimum atomic E-state index is -1.84. The average Bonchev–Trinajstić information content (AvgIpc) is 1.88. The number of rotatable bonds is 1. The second-order valence-electron chi connectivity index (χ2n) is 2.01. The van der Waals surface area contributed by atoms with Crippen LogP contribution in [-0.4, -0.2) is 46.5 Å². The molecule has 0 aromatic heterocycles. The van der Waals surface area contributed by atoms with E-state index in [1.165, 1.54) is 0 Å². The summed E-state index contributed by atoms with van der Waals surface area (Å²) >= 11 is -1.84. The average molecular weight is 196 g/mol. The van der Waals surface area contributed by atoms with Gasteiger partial charge in [0.2, 0.25) is 0 Å². The molecular weight excluding hydrogens is 188 g/mol. The first-order chi connectivity index (χ1) is 4.72. The summed E-state index contributed by atoms with van der Waals surface area (Å²) in [6, 6.07) is 7.04. The molecule has 0 heterocycles. The predicted molar refractivity (Wildman–Crippen MR) is 46.0 cm³/mol. The fraction of sp³-hybridized carbons (Fsp3) is 0.143. The minimum Gasteiger partial charge on any atom is -0.302 e. The number of benzene rings is 1. The molecule has 1 N–H and O–H groups in total. The van der Waals surface area contributed by atoms with Gasteiger partial charge in [0.05, 0.1) is 4.90 Å². The number of hydrogen-bond donors (Lipinski definition) is 1. The molecule has 0 fully saturated rings. The van der Waals surface area contributed by atoms with E-state index >= 15 is 0 Å². The molecule has 0 saturated heterocycles. The molecule has 11 heavy (non-hydrogen) atoms. The van der Waals surface area contributed by atoms with Crippen LogP contribution in [0.3, 0.4) is 0 Å². The maximum atomic E-state index is 10.5. The van der Waals surface area contributed by atoms with E-state index in [9.17, 15) is 4.21 Å². The monoisotopic (exact) mass is 196 g/mol. The first-order valence-electron chi connectivity index (χ1n) is 2.88. The zero-order valence-electron chi connectivity index (χ0n) is 6.28. The molecule has 2 nitrogen and oxygen atoms in total. The van der Waals surface area contributed by atoms with Gasteiger partial charge in [0.25, 0.3) is 0 Å². The maximum absolute atomic E-state index is 10.5. The van der Waals surface area contributed by atoms with Crippen LogP contribution in [0.2, 0.25) is 0 Å². The van der Waals surface area contributed by atoms with Gasteiger partial charge in [0, 0.05) is 37.7 Å². The molecule has 1 rings (SSSR count). The molecule has 0 aliphatic rings. The van der Waals surface area contributed by atoms with Gasteiger partial charge in [-0.15, -0.1) is 0 Å². The summed E-state index contributed by atoms with van der Waals surface area (Å²) in [7, 11) is 0. The molecule has 1 atom stereocenters. The van der Waals surface area contributed by atoms with Gasteiger partial charge in [0.15, 0.2) is 11.1 Å². The van der Waals surface area contributed by atoms with Crippen LogP contribution in [0.4, 0.5) is 0 Å². The van der Waals surface area contributed by atoms with Crippen molar-refractivity contribution in [1.29, 1.82) is 0 Å². The van der Waals surface area contributed by atoms with Crippen molar-refractivity contribution >= 4 is 48.8 Å². The molecule has 2 radical (unpaired) electrons. The van der Waals surface area contributed by atoms with Crippen molar-refractivity contribution in [3.05, 3.63) is 29.8 Å². The SMILES string of the molecule is Cc1ccccc1S(=O)O.[Ca]. The van der Waals surface area contributed by atoms with Gasteiger partial charge in [-0.2, -0.15) is 0 Å². The molecule has 0 aliphatic carbocycles. The third-order valence-corrected chi connectivity index (χ3v) is 2.12. The number of hydrogen-bond acceptors (Lipinski definition) is 1. The van der Waals surface area contributed by atoms with Crippen molar-refractivity contribution in [2.75, 3.05) is 0 Å². The van der Waals surface area contributed by atoms with E-state index in [0.717, 1.165) is 5.56 Å². The Hall–Kier alpha value is 0.590. The molecule has 0 aliphatic heterocycles. The second-order valence-corrected chi connectivity index (χ2v) is 2.95. The van der Waals surface area contributed by atoms with Gasteiger partial charge in [-0.3, -0.25) is 0 Å². The van der Waals surface area contributed by atoms with Crippen LogP contribution in [0.25, 0.3) is 0 Å². The molecule has 1 unspecified atom stereocenters. The first kappa shape index (κ1) is 11.6. The van der Waals surface area contributed by atoms with Crippen molar-refractivity contribution in [2.45, 2.75) is 11.8 Å². The summed E-state index contributed by atoms with van der Waals surface area (Å²) in [4.78, 5) is 0.488. The Kier molecular flexibility index (Phi) is 5.56. The van der Waals surface area contributed by atoms with E-state index in [-0.39, 0.29) is 37.7 Å². The van der Waals surface area contributed by atoms with Crippen LogP contribution in [0.15, 0.2) is 29.2 Å². The molecule has 1 aromatic carbocycles. The Morgan fingerprint density at radius 1 is 1.36 bits per heavy atom. The fourth-order valence-corrected chi connectivity index (χ4v) is 1.29. The van der Waals surface area contributed by atoms with E-state index < -0.39 is 11.1 Å². The van der Waals surface area contributed by atoms with Crippen LogP contribution in [0, 0.1) is 6.92 Å². The van der Waals surface area contributed by atoms with Crippen LogP contribution in [0.5, 0.6) is 0 Å². The summed E-state index contributed by atoms with van der Waals surface area (Å²) < 4.78 is 19.2. The Bertz CT molecular complexity index is 262. The van der Waals surface area contributed by atoms with Gasteiger partial charge in [0.1, 0.15) is 0 Å². The van der Waals surface area contributed by atoms with Gasteiger partial charge >= 0.3 is 0 Å². The fourth-order valence-electron chi connectivity index (χ4n) is 0.752. The third-order valence-electron chi connectivity index (χ3n) is 1.28. The topological polar surface area (TPSA) is 37.3 Å². The van der Waals surface area contributed by atoms with E-state index in [2.05, 4.69) is 0 Å². The van der Waals surface area contributed by atoms with E-state index in [0.29, 0.717) is 4.90 Å². The summed E-state index contributed by atoms with van der Waals surface area (Å²) in [6.07, 6.45) is 0. The van der Waals surface area contributed by atoms with Crippen LogP contribution in [-0.2, 0) is 11.1 Å². The smallest absolute Gasteiger partial charge is 0.186 e. The summed E-state index contributed by atoms with van der Waals surface area (Å²) in [5.41, 5.74) is 0.850. The zero-order valence-corrected chi connectivity index (χ0v) is 9.31. The van der Waals surface area contributed by atoms with Crippen LogP contribution in [0.1, 0.15) is 5.56 Å². The Balaban J connectivity index is 0.000001000. The second kappa shape index (κ2) is 5.27. The molecule has 0 spiro atoms. The molecule has 0 saturated carbocycles. The quantitative estimate of drug-likeness (QED) is 0.541. The molecule has 0 amide bonds. The molecule has 4 heteroatoms. The maximum Gasteiger partial charge on any atom is 0.186 e. The summed E-state index contributed by atoms with van der Waals surface area (Å²) in [6.45, 7) is 1.81. The van der Waals surface area contributed by atoms with Crippen molar-refractivity contribution in [1.82, 2.24) is 0 Å².